The summed E-state index contributed by atoms with van der Waals surface area (Å²) < 4.78 is 35.0. The van der Waals surface area contributed by atoms with Crippen molar-refractivity contribution >= 4 is 13.8 Å². The quantitative estimate of drug-likeness (QED) is 0.0284. The van der Waals surface area contributed by atoms with Gasteiger partial charge >= 0.3 is 13.8 Å². The zero-order chi connectivity index (χ0) is 39.9. The Morgan fingerprint density at radius 2 is 0.852 bits per heavy atom. The standard InChI is InChI=1S/C45H92NO7P/c1-6-8-10-12-14-16-18-20-21-22-23-24-25-27-29-31-33-35-37-40-50-42-44(43-52-54(48,49)51-41-39-46(3,4)5)53-45(47)38-36-34-32-30-28-26-19-17-15-13-11-9-7-2/h44H,6-43H2,1-5H3/p+1. The van der Waals surface area contributed by atoms with E-state index in [1.54, 1.807) is 0 Å². The number of rotatable bonds is 44. The largest absolute Gasteiger partial charge is 0.472 e. The van der Waals surface area contributed by atoms with Crippen LogP contribution in [0.3, 0.4) is 0 Å². The van der Waals surface area contributed by atoms with Crippen molar-refractivity contribution in [1.29, 1.82) is 0 Å². The van der Waals surface area contributed by atoms with Crippen LogP contribution in [0.1, 0.15) is 226 Å². The summed E-state index contributed by atoms with van der Waals surface area (Å²) in [5, 5.41) is 0. The van der Waals surface area contributed by atoms with Gasteiger partial charge in [0.1, 0.15) is 19.3 Å². The molecule has 0 spiro atoms. The normalized spacial score (nSPS) is 13.7. The van der Waals surface area contributed by atoms with E-state index < -0.39 is 13.9 Å². The fraction of sp³-hybridized carbons (Fsp3) is 0.978. The Morgan fingerprint density at radius 1 is 0.500 bits per heavy atom. The predicted molar refractivity (Wildman–Crippen MR) is 229 cm³/mol. The van der Waals surface area contributed by atoms with E-state index >= 15 is 0 Å². The minimum Gasteiger partial charge on any atom is -0.457 e. The van der Waals surface area contributed by atoms with Gasteiger partial charge in [-0.05, 0) is 12.8 Å². The first-order valence-corrected chi connectivity index (χ1v) is 24.8. The molecule has 2 atom stereocenters. The van der Waals surface area contributed by atoms with Crippen molar-refractivity contribution in [3.8, 4) is 0 Å². The van der Waals surface area contributed by atoms with Crippen LogP contribution in [0.2, 0.25) is 0 Å². The molecule has 0 saturated heterocycles. The summed E-state index contributed by atoms with van der Waals surface area (Å²) in [7, 11) is 1.69. The smallest absolute Gasteiger partial charge is 0.457 e. The van der Waals surface area contributed by atoms with Gasteiger partial charge in [0.25, 0.3) is 0 Å². The maximum atomic E-state index is 12.7. The van der Waals surface area contributed by atoms with Gasteiger partial charge in [0, 0.05) is 13.0 Å². The Bertz CT molecular complexity index is 837. The molecule has 0 rings (SSSR count). The zero-order valence-corrected chi connectivity index (χ0v) is 37.6. The lowest BCUT2D eigenvalue weighted by atomic mass is 10.0. The lowest BCUT2D eigenvalue weighted by molar-refractivity contribution is -0.870. The highest BCUT2D eigenvalue weighted by Crippen LogP contribution is 2.43. The molecule has 1 N–H and O–H groups in total. The number of esters is 1. The summed E-state index contributed by atoms with van der Waals surface area (Å²) in [5.41, 5.74) is 0. The first-order chi connectivity index (χ1) is 26.1. The molecule has 0 aliphatic heterocycles. The highest BCUT2D eigenvalue weighted by atomic mass is 31.2. The number of phosphoric ester groups is 1. The Hall–Kier alpha value is -0.500. The number of nitrogens with zero attached hydrogens (tertiary/aromatic N) is 1. The van der Waals surface area contributed by atoms with Gasteiger partial charge in [-0.15, -0.1) is 0 Å². The Morgan fingerprint density at radius 3 is 1.22 bits per heavy atom. The van der Waals surface area contributed by atoms with E-state index in [1.807, 2.05) is 21.1 Å². The van der Waals surface area contributed by atoms with E-state index in [9.17, 15) is 14.3 Å². The molecule has 0 aromatic carbocycles. The number of hydrogen-bond acceptors (Lipinski definition) is 6. The van der Waals surface area contributed by atoms with E-state index in [4.69, 9.17) is 18.5 Å². The van der Waals surface area contributed by atoms with Crippen molar-refractivity contribution in [2.45, 2.75) is 232 Å². The maximum absolute atomic E-state index is 12.7. The van der Waals surface area contributed by atoms with Crippen molar-refractivity contribution in [3.63, 3.8) is 0 Å². The van der Waals surface area contributed by atoms with Gasteiger partial charge in [-0.3, -0.25) is 13.8 Å². The van der Waals surface area contributed by atoms with Crippen LogP contribution in [0, 0.1) is 0 Å². The molecule has 54 heavy (non-hydrogen) atoms. The molecule has 0 aromatic rings. The van der Waals surface area contributed by atoms with Gasteiger partial charge in [0.2, 0.25) is 0 Å². The first-order valence-electron chi connectivity index (χ1n) is 23.3. The molecule has 0 radical (unpaired) electrons. The molecule has 9 heteroatoms. The summed E-state index contributed by atoms with van der Waals surface area (Å²) in [6, 6.07) is 0. The number of ether oxygens (including phenoxy) is 2. The number of quaternary nitrogens is 1. The third-order valence-corrected chi connectivity index (χ3v) is 11.4. The monoisotopic (exact) mass is 791 g/mol. The van der Waals surface area contributed by atoms with E-state index in [0.29, 0.717) is 24.1 Å². The van der Waals surface area contributed by atoms with E-state index in [2.05, 4.69) is 13.8 Å². The topological polar surface area (TPSA) is 91.3 Å². The van der Waals surface area contributed by atoms with Crippen LogP contribution in [0.15, 0.2) is 0 Å². The molecule has 0 fully saturated rings. The number of carbonyl (C=O) groups is 1. The summed E-state index contributed by atoms with van der Waals surface area (Å²) >= 11 is 0. The fourth-order valence-electron chi connectivity index (χ4n) is 6.79. The van der Waals surface area contributed by atoms with Crippen LogP contribution >= 0.6 is 7.82 Å². The van der Waals surface area contributed by atoms with Crippen molar-refractivity contribution in [2.24, 2.45) is 0 Å². The molecule has 8 nitrogen and oxygen atoms in total. The Labute approximate surface area is 336 Å². The summed E-state index contributed by atoms with van der Waals surface area (Å²) in [6.07, 6.45) is 41.3. The number of carbonyl (C=O) groups excluding carboxylic acids is 1. The lowest BCUT2D eigenvalue weighted by Gasteiger charge is -2.24. The lowest BCUT2D eigenvalue weighted by Crippen LogP contribution is -2.37. The van der Waals surface area contributed by atoms with Gasteiger partial charge in [-0.1, -0.05) is 206 Å². The molecule has 0 bridgehead atoms. The zero-order valence-electron chi connectivity index (χ0n) is 36.7. The van der Waals surface area contributed by atoms with Gasteiger partial charge in [0.15, 0.2) is 0 Å². The van der Waals surface area contributed by atoms with Crippen LogP contribution in [0.25, 0.3) is 0 Å². The molecule has 2 unspecified atom stereocenters. The molecule has 0 heterocycles. The Balaban J connectivity index is 4.12. The molecule has 0 aliphatic rings. The summed E-state index contributed by atoms with van der Waals surface area (Å²) in [6.45, 7) is 5.68. The van der Waals surface area contributed by atoms with Crippen molar-refractivity contribution in [1.82, 2.24) is 0 Å². The van der Waals surface area contributed by atoms with E-state index in [1.165, 1.54) is 173 Å². The number of phosphoric acid groups is 1. The molecular formula is C45H93NO7P+. The second kappa shape index (κ2) is 39.3. The predicted octanol–water partition coefficient (Wildman–Crippen LogP) is 13.7. The van der Waals surface area contributed by atoms with Crippen molar-refractivity contribution in [2.75, 3.05) is 54.1 Å². The van der Waals surface area contributed by atoms with Crippen LogP contribution < -0.4 is 0 Å². The molecule has 324 valence electrons. The van der Waals surface area contributed by atoms with Gasteiger partial charge in [0.05, 0.1) is 34.4 Å². The molecular weight excluding hydrogens is 697 g/mol. The fourth-order valence-corrected chi connectivity index (χ4v) is 7.53. The molecule has 0 aromatic heterocycles. The van der Waals surface area contributed by atoms with Gasteiger partial charge in [-0.2, -0.15) is 0 Å². The van der Waals surface area contributed by atoms with Crippen LogP contribution in [0.5, 0.6) is 0 Å². The van der Waals surface area contributed by atoms with Crippen LogP contribution in [-0.2, 0) is 27.9 Å². The minimum atomic E-state index is -4.27. The van der Waals surface area contributed by atoms with E-state index in [-0.39, 0.29) is 25.8 Å². The summed E-state index contributed by atoms with van der Waals surface area (Å²) in [4.78, 5) is 22.9. The number of unbranched alkanes of at least 4 members (excludes halogenated alkanes) is 30. The van der Waals surface area contributed by atoms with Crippen LogP contribution in [0.4, 0.5) is 0 Å². The molecule has 0 aliphatic carbocycles. The van der Waals surface area contributed by atoms with Crippen molar-refractivity contribution in [3.05, 3.63) is 0 Å². The van der Waals surface area contributed by atoms with Gasteiger partial charge in [-0.25, -0.2) is 4.57 Å². The minimum absolute atomic E-state index is 0.0939. The highest BCUT2D eigenvalue weighted by Gasteiger charge is 2.26. The second-order valence-electron chi connectivity index (χ2n) is 17.2. The molecule has 0 saturated carbocycles. The van der Waals surface area contributed by atoms with Crippen molar-refractivity contribution < 1.29 is 37.3 Å². The number of hydrogen-bond donors (Lipinski definition) is 1. The van der Waals surface area contributed by atoms with Crippen LogP contribution in [-0.4, -0.2) is 75.6 Å². The Kier molecular flexibility index (Phi) is 39.0. The average Bonchev–Trinajstić information content (AvgIpc) is 3.12. The van der Waals surface area contributed by atoms with E-state index in [0.717, 1.165) is 32.1 Å². The average molecular weight is 791 g/mol. The number of likely N-dealkylation sites (N-methyl/N-ethyl adjacent to an activating group) is 1. The molecule has 0 amide bonds. The second-order valence-corrected chi connectivity index (χ2v) is 18.6. The third-order valence-electron chi connectivity index (χ3n) is 10.4. The summed E-state index contributed by atoms with van der Waals surface area (Å²) in [5.74, 6) is -0.308. The first kappa shape index (κ1) is 53.5. The maximum Gasteiger partial charge on any atom is 0.472 e. The highest BCUT2D eigenvalue weighted by molar-refractivity contribution is 7.47. The third kappa shape index (κ3) is 42.6. The SMILES string of the molecule is CCCCCCCCCCCCCCCCCCCCCOCC(COP(=O)(O)OCC[N+](C)(C)C)OC(=O)CCCCCCCCCCCCCCC. The van der Waals surface area contributed by atoms with Gasteiger partial charge < -0.3 is 18.9 Å².